The summed E-state index contributed by atoms with van der Waals surface area (Å²) >= 11 is 0. The van der Waals surface area contributed by atoms with Gasteiger partial charge in [-0.25, -0.2) is 13.2 Å². The van der Waals surface area contributed by atoms with Gasteiger partial charge in [-0.15, -0.1) is 0 Å². The zero-order valence-corrected chi connectivity index (χ0v) is 11.2. The smallest absolute Gasteiger partial charge is 0.425 e. The Hall–Kier alpha value is -1.77. The van der Waals surface area contributed by atoms with Crippen LogP contribution in [0.1, 0.15) is 17.3 Å². The highest BCUT2D eigenvalue weighted by Gasteiger charge is 2.39. The van der Waals surface area contributed by atoms with Crippen LogP contribution in [0.5, 0.6) is 5.75 Å². The molecule has 1 aromatic carbocycles. The molecule has 5 nitrogen and oxygen atoms in total. The van der Waals surface area contributed by atoms with E-state index in [4.69, 9.17) is 5.11 Å². The fraction of sp³-hybridized carbons (Fsp3) is 0.364. The van der Waals surface area contributed by atoms with Gasteiger partial charge in [-0.05, 0) is 19.1 Å². The summed E-state index contributed by atoms with van der Waals surface area (Å²) < 4.78 is 64.7. The highest BCUT2D eigenvalue weighted by atomic mass is 32.2. The number of halogens is 3. The van der Waals surface area contributed by atoms with E-state index >= 15 is 0 Å². The molecule has 0 bridgehead atoms. The molecule has 0 saturated carbocycles. The first-order valence-corrected chi connectivity index (χ1v) is 7.13. The maximum atomic E-state index is 12.4. The summed E-state index contributed by atoms with van der Waals surface area (Å²) in [5, 5.41) is 9.00. The van der Waals surface area contributed by atoms with E-state index in [2.05, 4.69) is 4.74 Å². The van der Waals surface area contributed by atoms with Gasteiger partial charge < -0.3 is 9.84 Å². The third kappa shape index (κ3) is 3.62. The maximum absolute atomic E-state index is 12.4. The second-order valence-electron chi connectivity index (χ2n) is 4.01. The van der Waals surface area contributed by atoms with Crippen molar-refractivity contribution in [3.8, 4) is 5.75 Å². The summed E-state index contributed by atoms with van der Waals surface area (Å²) in [6.07, 6.45) is -6.21. The lowest BCUT2D eigenvalue weighted by atomic mass is 10.2. The van der Waals surface area contributed by atoms with Crippen molar-refractivity contribution in [2.24, 2.45) is 0 Å². The molecule has 0 aliphatic rings. The van der Waals surface area contributed by atoms with Gasteiger partial charge in [0.05, 0.1) is 4.90 Å². The summed E-state index contributed by atoms with van der Waals surface area (Å²) in [5.41, 5.74) is -0.814. The first kappa shape index (κ1) is 16.3. The number of ether oxygens (including phenoxy) is 1. The predicted molar refractivity (Wildman–Crippen MR) is 62.7 cm³/mol. The first-order chi connectivity index (χ1) is 8.94. The molecule has 0 fully saturated rings. The molecule has 9 heteroatoms. The molecule has 20 heavy (non-hydrogen) atoms. The van der Waals surface area contributed by atoms with E-state index in [9.17, 15) is 26.4 Å². The molecule has 1 unspecified atom stereocenters. The SMILES string of the molecule is CC(Oc1cccc(S(C)(=O)=O)c1C(=O)O)C(F)(F)F. The Morgan fingerprint density at radius 2 is 1.90 bits per heavy atom. The van der Waals surface area contributed by atoms with Crippen molar-refractivity contribution < 1.29 is 36.2 Å². The number of aromatic carboxylic acids is 1. The topological polar surface area (TPSA) is 80.7 Å². The molecule has 112 valence electrons. The zero-order chi connectivity index (χ0) is 15.7. The van der Waals surface area contributed by atoms with Gasteiger partial charge >= 0.3 is 12.1 Å². The summed E-state index contributed by atoms with van der Waals surface area (Å²) in [4.78, 5) is 10.5. The second kappa shape index (κ2) is 5.31. The zero-order valence-electron chi connectivity index (χ0n) is 10.4. The predicted octanol–water partition coefficient (Wildman–Crippen LogP) is 2.12. The van der Waals surface area contributed by atoms with E-state index in [-0.39, 0.29) is 0 Å². The summed E-state index contributed by atoms with van der Waals surface area (Å²) in [6.45, 7) is 0.693. The molecule has 1 N–H and O–H groups in total. The minimum absolute atomic E-state index is 0.600. The number of alkyl halides is 3. The van der Waals surface area contributed by atoms with E-state index in [1.54, 1.807) is 0 Å². The van der Waals surface area contributed by atoms with E-state index < -0.39 is 44.3 Å². The summed E-state index contributed by atoms with van der Waals surface area (Å²) in [5.74, 6) is -2.33. The minimum atomic E-state index is -4.70. The number of hydrogen-bond donors (Lipinski definition) is 1. The quantitative estimate of drug-likeness (QED) is 0.921. The molecular formula is C11H11F3O5S. The molecule has 0 heterocycles. The second-order valence-corrected chi connectivity index (χ2v) is 5.99. The minimum Gasteiger partial charge on any atom is -0.480 e. The molecule has 0 aromatic heterocycles. The van der Waals surface area contributed by atoms with Crippen molar-refractivity contribution in [1.29, 1.82) is 0 Å². The third-order valence-electron chi connectivity index (χ3n) is 2.37. The van der Waals surface area contributed by atoms with E-state index in [1.807, 2.05) is 0 Å². The van der Waals surface area contributed by atoms with Gasteiger partial charge in [0.1, 0.15) is 11.3 Å². The van der Waals surface area contributed by atoms with Crippen LogP contribution in [0.2, 0.25) is 0 Å². The fourth-order valence-corrected chi connectivity index (χ4v) is 2.27. The van der Waals surface area contributed by atoms with Crippen molar-refractivity contribution in [3.05, 3.63) is 23.8 Å². The molecule has 0 radical (unpaired) electrons. The molecule has 1 rings (SSSR count). The normalized spacial score (nSPS) is 13.8. The fourth-order valence-electron chi connectivity index (χ4n) is 1.39. The average Bonchev–Trinajstić information content (AvgIpc) is 2.25. The average molecular weight is 312 g/mol. The van der Waals surface area contributed by atoms with Crippen molar-refractivity contribution in [2.45, 2.75) is 24.1 Å². The largest absolute Gasteiger partial charge is 0.480 e. The van der Waals surface area contributed by atoms with Crippen molar-refractivity contribution in [3.63, 3.8) is 0 Å². The Balaban J connectivity index is 3.39. The lowest BCUT2D eigenvalue weighted by Crippen LogP contribution is -2.31. The lowest BCUT2D eigenvalue weighted by molar-refractivity contribution is -0.189. The molecule has 1 atom stereocenters. The molecule has 0 spiro atoms. The highest BCUT2D eigenvalue weighted by Crippen LogP contribution is 2.30. The van der Waals surface area contributed by atoms with Crippen LogP contribution in [0.15, 0.2) is 23.1 Å². The summed E-state index contributed by atoms with van der Waals surface area (Å²) in [7, 11) is -3.91. The molecule has 0 aliphatic heterocycles. The number of hydrogen-bond acceptors (Lipinski definition) is 4. The lowest BCUT2D eigenvalue weighted by Gasteiger charge is -2.19. The van der Waals surface area contributed by atoms with Crippen LogP contribution in [0.25, 0.3) is 0 Å². The monoisotopic (exact) mass is 312 g/mol. The van der Waals surface area contributed by atoms with E-state index in [0.29, 0.717) is 6.92 Å². The molecule has 0 saturated heterocycles. The van der Waals surface area contributed by atoms with Gasteiger partial charge in [-0.2, -0.15) is 13.2 Å². The van der Waals surface area contributed by atoms with Crippen molar-refractivity contribution in [2.75, 3.05) is 6.26 Å². The van der Waals surface area contributed by atoms with Crippen LogP contribution in [-0.2, 0) is 9.84 Å². The molecule has 0 aliphatic carbocycles. The van der Waals surface area contributed by atoms with Gasteiger partial charge in [0.2, 0.25) is 0 Å². The summed E-state index contributed by atoms with van der Waals surface area (Å²) in [6, 6.07) is 3.07. The standard InChI is InChI=1S/C11H11F3O5S/c1-6(11(12,13)14)19-7-4-3-5-8(20(2,17)18)9(7)10(15)16/h3-6H,1-2H3,(H,15,16). The Bertz CT molecular complexity index is 621. The van der Waals surface area contributed by atoms with Gasteiger partial charge in [-0.3, -0.25) is 0 Å². The third-order valence-corrected chi connectivity index (χ3v) is 3.51. The van der Waals surface area contributed by atoms with Crippen LogP contribution < -0.4 is 4.74 Å². The van der Waals surface area contributed by atoms with E-state index in [1.165, 1.54) is 0 Å². The van der Waals surface area contributed by atoms with Gasteiger partial charge in [-0.1, -0.05) is 6.07 Å². The number of carboxylic acids is 1. The number of carboxylic acid groups (broad SMARTS) is 1. The highest BCUT2D eigenvalue weighted by molar-refractivity contribution is 7.90. The molecular weight excluding hydrogens is 301 g/mol. The number of carbonyl (C=O) groups is 1. The van der Waals surface area contributed by atoms with Crippen molar-refractivity contribution in [1.82, 2.24) is 0 Å². The Morgan fingerprint density at radius 3 is 2.30 bits per heavy atom. The van der Waals surface area contributed by atoms with Crippen LogP contribution in [0.4, 0.5) is 13.2 Å². The van der Waals surface area contributed by atoms with Crippen LogP contribution in [-0.4, -0.2) is 38.0 Å². The Kier molecular flexibility index (Phi) is 4.33. The van der Waals surface area contributed by atoms with Crippen molar-refractivity contribution >= 4 is 15.8 Å². The number of benzene rings is 1. The van der Waals surface area contributed by atoms with Crippen LogP contribution >= 0.6 is 0 Å². The molecule has 1 aromatic rings. The Morgan fingerprint density at radius 1 is 1.35 bits per heavy atom. The van der Waals surface area contributed by atoms with Gasteiger partial charge in [0.25, 0.3) is 0 Å². The van der Waals surface area contributed by atoms with Gasteiger partial charge in [0.15, 0.2) is 15.9 Å². The maximum Gasteiger partial charge on any atom is 0.425 e. The van der Waals surface area contributed by atoms with Gasteiger partial charge in [0, 0.05) is 6.26 Å². The first-order valence-electron chi connectivity index (χ1n) is 5.24. The Labute approximate surface area is 112 Å². The van der Waals surface area contributed by atoms with Crippen LogP contribution in [0.3, 0.4) is 0 Å². The molecule has 0 amide bonds. The van der Waals surface area contributed by atoms with E-state index in [0.717, 1.165) is 24.5 Å². The number of rotatable bonds is 4. The number of sulfone groups is 1. The van der Waals surface area contributed by atoms with Crippen LogP contribution in [0, 0.1) is 0 Å².